The second-order valence-electron chi connectivity index (χ2n) is 6.69. The van der Waals surface area contributed by atoms with Crippen molar-refractivity contribution < 1.29 is 0 Å². The van der Waals surface area contributed by atoms with Crippen LogP contribution in [-0.2, 0) is 0 Å². The number of nitrogens with zero attached hydrogens (tertiary/aromatic N) is 1. The van der Waals surface area contributed by atoms with E-state index in [9.17, 15) is 0 Å². The molecule has 17 heavy (non-hydrogen) atoms. The zero-order valence-corrected chi connectivity index (χ0v) is 11.3. The monoisotopic (exact) mass is 236 g/mol. The Morgan fingerprint density at radius 2 is 1.65 bits per heavy atom. The molecule has 2 heteroatoms. The van der Waals surface area contributed by atoms with Crippen molar-refractivity contribution in [3.63, 3.8) is 0 Å². The van der Waals surface area contributed by atoms with Crippen molar-refractivity contribution in [2.45, 2.75) is 64.0 Å². The van der Waals surface area contributed by atoms with Crippen LogP contribution in [0.2, 0.25) is 0 Å². The molecule has 3 rings (SSSR count). The molecule has 1 N–H and O–H groups in total. The minimum atomic E-state index is 0.819. The van der Waals surface area contributed by atoms with Crippen molar-refractivity contribution in [2.75, 3.05) is 19.6 Å². The molecule has 2 aliphatic carbocycles. The number of rotatable bonds is 6. The van der Waals surface area contributed by atoms with E-state index in [-0.39, 0.29) is 0 Å². The average Bonchev–Trinajstić information content (AvgIpc) is 3.22. The van der Waals surface area contributed by atoms with Gasteiger partial charge in [0.1, 0.15) is 0 Å². The first-order valence-corrected chi connectivity index (χ1v) is 7.78. The number of nitrogens with one attached hydrogen (secondary N) is 1. The van der Waals surface area contributed by atoms with E-state index in [4.69, 9.17) is 0 Å². The van der Waals surface area contributed by atoms with Crippen molar-refractivity contribution >= 4 is 0 Å². The molecule has 0 aromatic carbocycles. The fraction of sp³-hybridized carbons (Fsp3) is 1.00. The van der Waals surface area contributed by atoms with Gasteiger partial charge in [0.05, 0.1) is 0 Å². The Labute approximate surface area is 106 Å². The van der Waals surface area contributed by atoms with E-state index >= 15 is 0 Å². The average molecular weight is 236 g/mol. The summed E-state index contributed by atoms with van der Waals surface area (Å²) in [5.74, 6) is 2.11. The summed E-state index contributed by atoms with van der Waals surface area (Å²) in [5.41, 5.74) is 0. The molecular weight excluding hydrogens is 208 g/mol. The van der Waals surface area contributed by atoms with Crippen molar-refractivity contribution in [2.24, 2.45) is 11.8 Å². The fourth-order valence-electron chi connectivity index (χ4n) is 3.18. The van der Waals surface area contributed by atoms with Gasteiger partial charge in [-0.2, -0.15) is 0 Å². The summed E-state index contributed by atoms with van der Waals surface area (Å²) >= 11 is 0. The van der Waals surface area contributed by atoms with Crippen LogP contribution in [0.3, 0.4) is 0 Å². The molecule has 1 aliphatic heterocycles. The Balaban J connectivity index is 1.33. The maximum atomic E-state index is 3.77. The van der Waals surface area contributed by atoms with Gasteiger partial charge < -0.3 is 10.2 Å². The van der Waals surface area contributed by atoms with Gasteiger partial charge in [-0.05, 0) is 70.5 Å². The lowest BCUT2D eigenvalue weighted by molar-refractivity contribution is 0.142. The molecular formula is C15H28N2. The minimum Gasteiger partial charge on any atom is -0.314 e. The van der Waals surface area contributed by atoms with E-state index in [0.717, 1.165) is 23.9 Å². The third-order valence-corrected chi connectivity index (χ3v) is 4.92. The molecule has 0 aromatic heterocycles. The topological polar surface area (TPSA) is 15.3 Å². The predicted molar refractivity (Wildman–Crippen MR) is 72.1 cm³/mol. The molecule has 1 heterocycles. The fourth-order valence-corrected chi connectivity index (χ4v) is 3.18. The van der Waals surface area contributed by atoms with Crippen LogP contribution in [0.4, 0.5) is 0 Å². The number of piperidine rings is 1. The summed E-state index contributed by atoms with van der Waals surface area (Å²) in [7, 11) is 0. The van der Waals surface area contributed by atoms with E-state index < -0.39 is 0 Å². The maximum absolute atomic E-state index is 3.77. The van der Waals surface area contributed by atoms with E-state index in [2.05, 4.69) is 17.1 Å². The smallest absolute Gasteiger partial charge is 0.00915 e. The molecule has 2 saturated carbocycles. The lowest BCUT2D eigenvalue weighted by Gasteiger charge is -2.36. The number of hydrogen-bond acceptors (Lipinski definition) is 2. The molecule has 1 unspecified atom stereocenters. The standard InChI is InChI=1S/C15H28N2/c1-12(10-13-2-3-13)17-8-6-15(7-9-17)16-11-14-4-5-14/h12-16H,2-11H2,1H3. The summed E-state index contributed by atoms with van der Waals surface area (Å²) in [6, 6.07) is 1.66. The Morgan fingerprint density at radius 1 is 1.00 bits per heavy atom. The van der Waals surface area contributed by atoms with Crippen molar-refractivity contribution in [3.8, 4) is 0 Å². The van der Waals surface area contributed by atoms with Crippen LogP contribution >= 0.6 is 0 Å². The van der Waals surface area contributed by atoms with Gasteiger partial charge in [0.15, 0.2) is 0 Å². The molecule has 0 spiro atoms. The van der Waals surface area contributed by atoms with Crippen LogP contribution in [0.15, 0.2) is 0 Å². The Morgan fingerprint density at radius 3 is 2.24 bits per heavy atom. The molecule has 1 saturated heterocycles. The Bertz CT molecular complexity index is 237. The predicted octanol–water partition coefficient (Wildman–Crippen LogP) is 2.64. The van der Waals surface area contributed by atoms with Crippen molar-refractivity contribution in [1.82, 2.24) is 10.2 Å². The Hall–Kier alpha value is -0.0800. The van der Waals surface area contributed by atoms with Gasteiger partial charge in [-0.25, -0.2) is 0 Å². The van der Waals surface area contributed by atoms with Gasteiger partial charge in [0.25, 0.3) is 0 Å². The molecule has 98 valence electrons. The van der Waals surface area contributed by atoms with Gasteiger partial charge in [-0.15, -0.1) is 0 Å². The normalized spacial score (nSPS) is 29.5. The lowest BCUT2D eigenvalue weighted by Crippen LogP contribution is -2.46. The Kier molecular flexibility index (Phi) is 3.72. The zero-order chi connectivity index (χ0) is 11.7. The third kappa shape index (κ3) is 3.69. The summed E-state index contributed by atoms with van der Waals surface area (Å²) in [6.45, 7) is 6.39. The molecule has 0 radical (unpaired) electrons. The molecule has 2 nitrogen and oxygen atoms in total. The van der Waals surface area contributed by atoms with Crippen molar-refractivity contribution in [3.05, 3.63) is 0 Å². The van der Waals surface area contributed by atoms with Crippen molar-refractivity contribution in [1.29, 1.82) is 0 Å². The van der Waals surface area contributed by atoms with Gasteiger partial charge in [0.2, 0.25) is 0 Å². The van der Waals surface area contributed by atoms with E-state index in [1.807, 2.05) is 0 Å². The second-order valence-corrected chi connectivity index (χ2v) is 6.69. The van der Waals surface area contributed by atoms with Gasteiger partial charge in [0, 0.05) is 12.1 Å². The highest BCUT2D eigenvalue weighted by Crippen LogP contribution is 2.35. The molecule has 1 atom stereocenters. The highest BCUT2D eigenvalue weighted by Gasteiger charge is 2.29. The summed E-state index contributed by atoms with van der Waals surface area (Å²) in [5, 5.41) is 3.77. The molecule has 0 amide bonds. The van der Waals surface area contributed by atoms with Crippen LogP contribution in [0.5, 0.6) is 0 Å². The first kappa shape index (κ1) is 12.0. The summed E-state index contributed by atoms with van der Waals surface area (Å²) in [6.07, 6.45) is 10.2. The largest absolute Gasteiger partial charge is 0.314 e. The van der Waals surface area contributed by atoms with E-state index in [1.165, 1.54) is 64.6 Å². The third-order valence-electron chi connectivity index (χ3n) is 4.92. The highest BCUT2D eigenvalue weighted by atomic mass is 15.2. The van der Waals surface area contributed by atoms with E-state index in [1.54, 1.807) is 0 Å². The minimum absolute atomic E-state index is 0.819. The molecule has 0 aromatic rings. The lowest BCUT2D eigenvalue weighted by atomic mass is 10.0. The van der Waals surface area contributed by atoms with Crippen LogP contribution < -0.4 is 5.32 Å². The highest BCUT2D eigenvalue weighted by molar-refractivity contribution is 4.85. The van der Waals surface area contributed by atoms with Crippen LogP contribution in [0.25, 0.3) is 0 Å². The van der Waals surface area contributed by atoms with Crippen LogP contribution in [0.1, 0.15) is 51.9 Å². The quantitative estimate of drug-likeness (QED) is 0.763. The zero-order valence-electron chi connectivity index (χ0n) is 11.3. The molecule has 0 bridgehead atoms. The van der Waals surface area contributed by atoms with Gasteiger partial charge in [-0.3, -0.25) is 0 Å². The summed E-state index contributed by atoms with van der Waals surface area (Å²) in [4.78, 5) is 2.73. The number of likely N-dealkylation sites (tertiary alicyclic amines) is 1. The first-order chi connectivity index (χ1) is 8.31. The van der Waals surface area contributed by atoms with Gasteiger partial charge >= 0.3 is 0 Å². The summed E-state index contributed by atoms with van der Waals surface area (Å²) < 4.78 is 0. The second kappa shape index (κ2) is 5.27. The molecule has 3 fully saturated rings. The number of hydrogen-bond donors (Lipinski definition) is 1. The first-order valence-electron chi connectivity index (χ1n) is 7.78. The van der Waals surface area contributed by atoms with Crippen LogP contribution in [0, 0.1) is 11.8 Å². The maximum Gasteiger partial charge on any atom is 0.00915 e. The van der Waals surface area contributed by atoms with Gasteiger partial charge in [-0.1, -0.05) is 12.8 Å². The van der Waals surface area contributed by atoms with E-state index in [0.29, 0.717) is 0 Å². The molecule has 3 aliphatic rings. The van der Waals surface area contributed by atoms with Crippen LogP contribution in [-0.4, -0.2) is 36.6 Å². The SMILES string of the molecule is CC(CC1CC1)N1CCC(NCC2CC2)CC1.